The van der Waals surface area contributed by atoms with Gasteiger partial charge in [-0.2, -0.15) is 0 Å². The molecule has 0 saturated heterocycles. The molecule has 0 unspecified atom stereocenters. The average Bonchev–Trinajstić information content (AvgIpc) is 3.01. The number of fused-ring (bicyclic) bond motifs is 1. The summed E-state index contributed by atoms with van der Waals surface area (Å²) in [4.78, 5) is 34.7. The van der Waals surface area contributed by atoms with E-state index in [0.717, 1.165) is 17.3 Å². The second-order valence-corrected chi connectivity index (χ2v) is 6.75. The van der Waals surface area contributed by atoms with Crippen LogP contribution in [0.4, 0.5) is 0 Å². The Morgan fingerprint density at radius 2 is 1.86 bits per heavy atom. The normalized spacial score (nSPS) is 11.4. The van der Waals surface area contributed by atoms with Gasteiger partial charge in [-0.05, 0) is 35.9 Å². The number of carbonyl (C=O) groups is 2. The van der Waals surface area contributed by atoms with E-state index in [1.54, 1.807) is 28.8 Å². The molecule has 0 radical (unpaired) electrons. The van der Waals surface area contributed by atoms with E-state index in [9.17, 15) is 14.4 Å². The van der Waals surface area contributed by atoms with Crippen molar-refractivity contribution in [3.8, 4) is 5.75 Å². The van der Waals surface area contributed by atoms with Crippen molar-refractivity contribution < 1.29 is 24.2 Å². The summed E-state index contributed by atoms with van der Waals surface area (Å²) in [5, 5.41) is 9.07. The van der Waals surface area contributed by atoms with Gasteiger partial charge in [-0.1, -0.05) is 35.6 Å². The second-order valence-electron chi connectivity index (χ2n) is 5.76. The molecule has 7 nitrogen and oxygen atoms in total. The minimum absolute atomic E-state index is 0.0331. The molecule has 0 aliphatic rings. The van der Waals surface area contributed by atoms with E-state index in [4.69, 9.17) is 9.84 Å². The fourth-order valence-corrected chi connectivity index (χ4v) is 3.54. The van der Waals surface area contributed by atoms with E-state index in [0.29, 0.717) is 24.5 Å². The zero-order chi connectivity index (χ0) is 20.1. The maximum Gasteiger partial charge on any atom is 0.345 e. The van der Waals surface area contributed by atoms with E-state index < -0.39 is 17.5 Å². The Hall–Kier alpha value is -3.39. The lowest BCUT2D eigenvalue weighted by Gasteiger charge is -2.08. The van der Waals surface area contributed by atoms with Gasteiger partial charge in [-0.25, -0.2) is 9.59 Å². The summed E-state index contributed by atoms with van der Waals surface area (Å²) in [5.74, 6) is -1.71. The Labute approximate surface area is 164 Å². The Morgan fingerprint density at radius 1 is 1.14 bits per heavy atom. The van der Waals surface area contributed by atoms with Crippen LogP contribution in [-0.4, -0.2) is 35.3 Å². The zero-order valence-corrected chi connectivity index (χ0v) is 15.8. The molecule has 0 fully saturated rings. The molecule has 0 atom stereocenters. The first-order chi connectivity index (χ1) is 13.5. The van der Waals surface area contributed by atoms with Gasteiger partial charge in [-0.15, -0.1) is 0 Å². The number of para-hydroxylation sites is 1. The number of carboxylic acid groups (broad SMARTS) is 1. The molecule has 0 aliphatic carbocycles. The highest BCUT2D eigenvalue weighted by Gasteiger charge is 2.17. The first-order valence-electron chi connectivity index (χ1n) is 8.34. The van der Waals surface area contributed by atoms with E-state index in [1.807, 2.05) is 24.3 Å². The SMILES string of the molecule is COC(=O)C(=Cc1ccc(OCCn2c(=O)sc3ccccc32)cc1)C(=O)O. The van der Waals surface area contributed by atoms with Crippen LogP contribution < -0.4 is 9.61 Å². The summed E-state index contributed by atoms with van der Waals surface area (Å²) >= 11 is 1.20. The number of esters is 1. The van der Waals surface area contributed by atoms with E-state index in [2.05, 4.69) is 4.74 Å². The highest BCUT2D eigenvalue weighted by atomic mass is 32.1. The minimum atomic E-state index is -1.36. The maximum absolute atomic E-state index is 12.1. The molecule has 0 bridgehead atoms. The van der Waals surface area contributed by atoms with Crippen molar-refractivity contribution in [2.45, 2.75) is 6.54 Å². The standard InChI is InChI=1S/C20H17NO6S/c1-26-19(24)15(18(22)23)12-13-6-8-14(9-7-13)27-11-10-21-16-4-2-3-5-17(16)28-20(21)25/h2-9,12H,10-11H2,1H3,(H,22,23). The number of hydrogen-bond donors (Lipinski definition) is 1. The van der Waals surface area contributed by atoms with Crippen molar-refractivity contribution in [1.82, 2.24) is 4.57 Å². The predicted molar refractivity (Wildman–Crippen MR) is 106 cm³/mol. The van der Waals surface area contributed by atoms with Crippen molar-refractivity contribution in [2.75, 3.05) is 13.7 Å². The van der Waals surface area contributed by atoms with Crippen molar-refractivity contribution in [3.05, 3.63) is 69.3 Å². The number of carbonyl (C=O) groups excluding carboxylic acids is 1. The van der Waals surface area contributed by atoms with Gasteiger partial charge in [-0.3, -0.25) is 9.36 Å². The van der Waals surface area contributed by atoms with Crippen LogP contribution in [0.1, 0.15) is 5.56 Å². The van der Waals surface area contributed by atoms with Gasteiger partial charge in [0.05, 0.1) is 23.9 Å². The fourth-order valence-electron chi connectivity index (χ4n) is 2.63. The number of hydrogen-bond acceptors (Lipinski definition) is 6. The van der Waals surface area contributed by atoms with Crippen LogP contribution in [0.3, 0.4) is 0 Å². The third-order valence-corrected chi connectivity index (χ3v) is 4.94. The number of nitrogens with zero attached hydrogens (tertiary/aromatic N) is 1. The number of ether oxygens (including phenoxy) is 2. The fraction of sp³-hybridized carbons (Fsp3) is 0.150. The first kappa shape index (κ1) is 19.4. The highest BCUT2D eigenvalue weighted by molar-refractivity contribution is 7.16. The number of methoxy groups -OCH3 is 1. The van der Waals surface area contributed by atoms with Gasteiger partial charge in [0, 0.05) is 0 Å². The molecular weight excluding hydrogens is 382 g/mol. The molecule has 0 spiro atoms. The quantitative estimate of drug-likeness (QED) is 0.284. The molecule has 1 N–H and O–H groups in total. The Morgan fingerprint density at radius 3 is 2.54 bits per heavy atom. The van der Waals surface area contributed by atoms with Crippen LogP contribution in [0.25, 0.3) is 16.3 Å². The summed E-state index contributed by atoms with van der Waals surface area (Å²) < 4.78 is 12.7. The predicted octanol–water partition coefficient (Wildman–Crippen LogP) is 2.78. The lowest BCUT2D eigenvalue weighted by Crippen LogP contribution is -2.17. The largest absolute Gasteiger partial charge is 0.492 e. The first-order valence-corrected chi connectivity index (χ1v) is 9.16. The molecule has 144 valence electrons. The van der Waals surface area contributed by atoms with Crippen LogP contribution in [0, 0.1) is 0 Å². The molecule has 1 heterocycles. The Balaban J connectivity index is 1.66. The molecule has 0 amide bonds. The zero-order valence-electron chi connectivity index (χ0n) is 15.0. The highest BCUT2D eigenvalue weighted by Crippen LogP contribution is 2.18. The summed E-state index contributed by atoms with van der Waals surface area (Å²) in [6.45, 7) is 0.717. The van der Waals surface area contributed by atoms with Crippen LogP contribution in [0.5, 0.6) is 5.75 Å². The second kappa shape index (κ2) is 8.53. The van der Waals surface area contributed by atoms with Gasteiger partial charge in [0.25, 0.3) is 0 Å². The van der Waals surface area contributed by atoms with Crippen LogP contribution >= 0.6 is 11.3 Å². The number of thiazole rings is 1. The topological polar surface area (TPSA) is 94.8 Å². The molecule has 8 heteroatoms. The van der Waals surface area contributed by atoms with Crippen molar-refractivity contribution >= 4 is 39.6 Å². The van der Waals surface area contributed by atoms with E-state index in [-0.39, 0.29) is 4.87 Å². The van der Waals surface area contributed by atoms with Crippen LogP contribution in [-0.2, 0) is 20.9 Å². The molecule has 2 aromatic carbocycles. The molecular formula is C20H17NO6S. The smallest absolute Gasteiger partial charge is 0.345 e. The van der Waals surface area contributed by atoms with Gasteiger partial charge in [0.15, 0.2) is 0 Å². The minimum Gasteiger partial charge on any atom is -0.492 e. The van der Waals surface area contributed by atoms with E-state index >= 15 is 0 Å². The van der Waals surface area contributed by atoms with Gasteiger partial charge >= 0.3 is 16.8 Å². The van der Waals surface area contributed by atoms with Crippen molar-refractivity contribution in [3.63, 3.8) is 0 Å². The number of carboxylic acids is 1. The third-order valence-electron chi connectivity index (χ3n) is 3.98. The molecule has 28 heavy (non-hydrogen) atoms. The molecule has 3 aromatic rings. The summed E-state index contributed by atoms with van der Waals surface area (Å²) in [6, 6.07) is 14.2. The molecule has 0 saturated carbocycles. The molecule has 0 aliphatic heterocycles. The summed E-state index contributed by atoms with van der Waals surface area (Å²) in [7, 11) is 1.12. The van der Waals surface area contributed by atoms with Crippen LogP contribution in [0.15, 0.2) is 58.9 Å². The average molecular weight is 399 g/mol. The lowest BCUT2D eigenvalue weighted by molar-refractivity contribution is -0.142. The Kier molecular flexibility index (Phi) is 5.90. The van der Waals surface area contributed by atoms with Gasteiger partial charge in [0.1, 0.15) is 17.9 Å². The lowest BCUT2D eigenvalue weighted by atomic mass is 10.1. The molecule has 3 rings (SSSR count). The van der Waals surface area contributed by atoms with Crippen molar-refractivity contribution in [1.29, 1.82) is 0 Å². The van der Waals surface area contributed by atoms with Crippen LogP contribution in [0.2, 0.25) is 0 Å². The summed E-state index contributed by atoms with van der Waals surface area (Å²) in [6.07, 6.45) is 1.23. The number of rotatable bonds is 7. The monoisotopic (exact) mass is 399 g/mol. The summed E-state index contributed by atoms with van der Waals surface area (Å²) in [5.41, 5.74) is 0.945. The number of aliphatic carboxylic acids is 1. The third kappa shape index (κ3) is 4.29. The van der Waals surface area contributed by atoms with Gasteiger partial charge in [0.2, 0.25) is 0 Å². The van der Waals surface area contributed by atoms with Crippen molar-refractivity contribution in [2.24, 2.45) is 0 Å². The number of aromatic nitrogens is 1. The Bertz CT molecular complexity index is 1090. The maximum atomic E-state index is 12.1. The van der Waals surface area contributed by atoms with E-state index in [1.165, 1.54) is 17.4 Å². The molecule has 1 aromatic heterocycles. The number of benzene rings is 2. The van der Waals surface area contributed by atoms with Gasteiger partial charge < -0.3 is 14.6 Å².